The van der Waals surface area contributed by atoms with Crippen molar-refractivity contribution in [2.75, 3.05) is 5.32 Å². The monoisotopic (exact) mass is 305 g/mol. The maximum Gasteiger partial charge on any atom is 0.229 e. The second-order valence-corrected chi connectivity index (χ2v) is 5.52. The summed E-state index contributed by atoms with van der Waals surface area (Å²) in [6.45, 7) is 2.56. The van der Waals surface area contributed by atoms with E-state index >= 15 is 0 Å². The third-order valence-corrected chi connectivity index (χ3v) is 3.55. The lowest BCUT2D eigenvalue weighted by Crippen LogP contribution is -2.18. The molecule has 0 aliphatic carbocycles. The number of anilines is 1. The van der Waals surface area contributed by atoms with E-state index in [0.29, 0.717) is 13.0 Å². The molecule has 3 rings (SSSR count). The molecule has 0 saturated carbocycles. The van der Waals surface area contributed by atoms with E-state index in [1.54, 1.807) is 0 Å². The van der Waals surface area contributed by atoms with E-state index in [1.807, 2.05) is 78.3 Å². The van der Waals surface area contributed by atoms with Crippen molar-refractivity contribution in [2.45, 2.75) is 19.9 Å². The Morgan fingerprint density at radius 3 is 2.26 bits per heavy atom. The number of benzene rings is 2. The average Bonchev–Trinajstić information content (AvgIpc) is 2.88. The molecule has 0 radical (unpaired) electrons. The number of hydrogen-bond acceptors (Lipinski definition) is 2. The summed E-state index contributed by atoms with van der Waals surface area (Å²) < 4.78 is 1.83. The molecule has 0 atom stereocenters. The van der Waals surface area contributed by atoms with Gasteiger partial charge in [-0.3, -0.25) is 4.79 Å². The lowest BCUT2D eigenvalue weighted by atomic mass is 10.1. The summed E-state index contributed by atoms with van der Waals surface area (Å²) in [7, 11) is 0. The van der Waals surface area contributed by atoms with Crippen LogP contribution >= 0.6 is 0 Å². The van der Waals surface area contributed by atoms with Crippen LogP contribution in [0.4, 0.5) is 5.82 Å². The fourth-order valence-electron chi connectivity index (χ4n) is 2.49. The van der Waals surface area contributed by atoms with Crippen molar-refractivity contribution in [2.24, 2.45) is 0 Å². The van der Waals surface area contributed by atoms with Gasteiger partial charge in [0.05, 0.1) is 18.7 Å². The van der Waals surface area contributed by atoms with Crippen molar-refractivity contribution < 1.29 is 4.79 Å². The lowest BCUT2D eigenvalue weighted by Gasteiger charge is -2.09. The van der Waals surface area contributed by atoms with Crippen LogP contribution in [0.2, 0.25) is 0 Å². The Morgan fingerprint density at radius 2 is 1.61 bits per heavy atom. The average molecular weight is 305 g/mol. The molecule has 1 aromatic heterocycles. The minimum atomic E-state index is -0.0367. The number of rotatable bonds is 5. The van der Waals surface area contributed by atoms with E-state index < -0.39 is 0 Å². The van der Waals surface area contributed by atoms with Gasteiger partial charge in [0.2, 0.25) is 5.91 Å². The molecule has 0 aliphatic rings. The largest absolute Gasteiger partial charge is 0.311 e. The van der Waals surface area contributed by atoms with Crippen molar-refractivity contribution >= 4 is 11.7 Å². The normalized spacial score (nSPS) is 10.5. The second-order valence-electron chi connectivity index (χ2n) is 5.52. The SMILES string of the molecule is Cc1cc(NC(=O)Cc2ccccc2)n(Cc2ccccc2)n1. The number of amides is 1. The molecule has 0 bridgehead atoms. The van der Waals surface area contributed by atoms with Gasteiger partial charge in [-0.15, -0.1) is 0 Å². The third-order valence-electron chi connectivity index (χ3n) is 3.55. The highest BCUT2D eigenvalue weighted by Crippen LogP contribution is 2.13. The van der Waals surface area contributed by atoms with Gasteiger partial charge < -0.3 is 5.32 Å². The highest BCUT2D eigenvalue weighted by atomic mass is 16.1. The van der Waals surface area contributed by atoms with Crippen molar-refractivity contribution in [3.63, 3.8) is 0 Å². The first-order valence-corrected chi connectivity index (χ1v) is 7.63. The van der Waals surface area contributed by atoms with Crippen molar-refractivity contribution in [3.05, 3.63) is 83.6 Å². The summed E-state index contributed by atoms with van der Waals surface area (Å²) in [5.41, 5.74) is 3.03. The van der Waals surface area contributed by atoms with Crippen LogP contribution in [0.5, 0.6) is 0 Å². The topological polar surface area (TPSA) is 46.9 Å². The number of aromatic nitrogens is 2. The Hall–Kier alpha value is -2.88. The number of carbonyl (C=O) groups is 1. The molecule has 4 heteroatoms. The fraction of sp³-hybridized carbons (Fsp3) is 0.158. The van der Waals surface area contributed by atoms with Gasteiger partial charge in [0.25, 0.3) is 0 Å². The summed E-state index contributed by atoms with van der Waals surface area (Å²) in [6, 6.07) is 21.7. The standard InChI is InChI=1S/C19H19N3O/c1-15-12-18(20-19(23)13-16-8-4-2-5-9-16)22(21-15)14-17-10-6-3-7-11-17/h2-12H,13-14H2,1H3,(H,20,23). The Labute approximate surface area is 135 Å². The number of aryl methyl sites for hydroxylation is 1. The summed E-state index contributed by atoms with van der Waals surface area (Å²) >= 11 is 0. The summed E-state index contributed by atoms with van der Waals surface area (Å²) in [6.07, 6.45) is 0.358. The molecular formula is C19H19N3O. The predicted molar refractivity (Wildman–Crippen MR) is 91.3 cm³/mol. The number of carbonyl (C=O) groups excluding carboxylic acids is 1. The molecular weight excluding hydrogens is 286 g/mol. The van der Waals surface area contributed by atoms with Crippen LogP contribution < -0.4 is 5.32 Å². The molecule has 0 spiro atoms. The van der Waals surface area contributed by atoms with E-state index in [2.05, 4.69) is 10.4 Å². The quantitative estimate of drug-likeness (QED) is 0.785. The Bertz CT molecular complexity index is 779. The van der Waals surface area contributed by atoms with Gasteiger partial charge in [-0.05, 0) is 18.1 Å². The number of hydrogen-bond donors (Lipinski definition) is 1. The van der Waals surface area contributed by atoms with Crippen LogP contribution in [-0.2, 0) is 17.8 Å². The molecule has 3 aromatic rings. The highest BCUT2D eigenvalue weighted by molar-refractivity contribution is 5.91. The first-order chi connectivity index (χ1) is 11.2. The molecule has 1 heterocycles. The van der Waals surface area contributed by atoms with Crippen molar-refractivity contribution in [3.8, 4) is 0 Å². The summed E-state index contributed by atoms with van der Waals surface area (Å²) in [4.78, 5) is 12.2. The maximum absolute atomic E-state index is 12.2. The van der Waals surface area contributed by atoms with Gasteiger partial charge in [-0.1, -0.05) is 60.7 Å². The zero-order chi connectivity index (χ0) is 16.1. The van der Waals surface area contributed by atoms with Crippen LogP contribution in [0.1, 0.15) is 16.8 Å². The minimum Gasteiger partial charge on any atom is -0.311 e. The summed E-state index contributed by atoms with van der Waals surface area (Å²) in [5.74, 6) is 0.692. The molecule has 1 amide bonds. The molecule has 116 valence electrons. The van der Waals surface area contributed by atoms with E-state index in [9.17, 15) is 4.79 Å². The van der Waals surface area contributed by atoms with Gasteiger partial charge in [-0.2, -0.15) is 5.10 Å². The van der Waals surface area contributed by atoms with Gasteiger partial charge in [0.1, 0.15) is 5.82 Å². The Kier molecular flexibility index (Phi) is 4.52. The van der Waals surface area contributed by atoms with Crippen LogP contribution in [0.15, 0.2) is 66.7 Å². The minimum absolute atomic E-state index is 0.0367. The smallest absolute Gasteiger partial charge is 0.229 e. The molecule has 0 unspecified atom stereocenters. The van der Waals surface area contributed by atoms with E-state index in [1.165, 1.54) is 0 Å². The zero-order valence-corrected chi connectivity index (χ0v) is 13.1. The maximum atomic E-state index is 12.2. The summed E-state index contributed by atoms with van der Waals surface area (Å²) in [5, 5.41) is 7.43. The van der Waals surface area contributed by atoms with Crippen LogP contribution in [0.25, 0.3) is 0 Å². The van der Waals surface area contributed by atoms with Gasteiger partial charge in [-0.25, -0.2) is 4.68 Å². The molecule has 4 nitrogen and oxygen atoms in total. The van der Waals surface area contributed by atoms with Gasteiger partial charge in [0, 0.05) is 6.07 Å². The third kappa shape index (κ3) is 4.07. The molecule has 0 aliphatic heterocycles. The first kappa shape index (κ1) is 15.0. The van der Waals surface area contributed by atoms with Crippen LogP contribution in [0, 0.1) is 6.92 Å². The lowest BCUT2D eigenvalue weighted by molar-refractivity contribution is -0.115. The molecule has 1 N–H and O–H groups in total. The molecule has 0 saturated heterocycles. The second kappa shape index (κ2) is 6.92. The van der Waals surface area contributed by atoms with Crippen LogP contribution in [-0.4, -0.2) is 15.7 Å². The molecule has 0 fully saturated rings. The van der Waals surface area contributed by atoms with Crippen molar-refractivity contribution in [1.29, 1.82) is 0 Å². The Balaban J connectivity index is 1.71. The van der Waals surface area contributed by atoms with Gasteiger partial charge in [0.15, 0.2) is 0 Å². The van der Waals surface area contributed by atoms with Crippen molar-refractivity contribution in [1.82, 2.24) is 9.78 Å². The predicted octanol–water partition coefficient (Wildman–Crippen LogP) is 3.42. The first-order valence-electron chi connectivity index (χ1n) is 7.63. The van der Waals surface area contributed by atoms with E-state index in [4.69, 9.17) is 0 Å². The van der Waals surface area contributed by atoms with E-state index in [0.717, 1.165) is 22.6 Å². The highest BCUT2D eigenvalue weighted by Gasteiger charge is 2.10. The van der Waals surface area contributed by atoms with Gasteiger partial charge >= 0.3 is 0 Å². The number of nitrogens with zero attached hydrogens (tertiary/aromatic N) is 2. The number of nitrogens with one attached hydrogen (secondary N) is 1. The molecule has 2 aromatic carbocycles. The zero-order valence-electron chi connectivity index (χ0n) is 13.1. The molecule has 23 heavy (non-hydrogen) atoms. The van der Waals surface area contributed by atoms with Crippen LogP contribution in [0.3, 0.4) is 0 Å². The Morgan fingerprint density at radius 1 is 1.00 bits per heavy atom. The van der Waals surface area contributed by atoms with E-state index in [-0.39, 0.29) is 5.91 Å². The fourth-order valence-corrected chi connectivity index (χ4v) is 2.49.